The van der Waals surface area contributed by atoms with Crippen molar-refractivity contribution in [3.8, 4) is 0 Å². The summed E-state index contributed by atoms with van der Waals surface area (Å²) < 4.78 is 10.7. The van der Waals surface area contributed by atoms with E-state index in [2.05, 4.69) is 10.5 Å². The lowest BCUT2D eigenvalue weighted by Crippen LogP contribution is -2.55. The topological polar surface area (TPSA) is 97.2 Å². The Labute approximate surface area is 188 Å². The van der Waals surface area contributed by atoms with Crippen molar-refractivity contribution in [3.63, 3.8) is 0 Å². The summed E-state index contributed by atoms with van der Waals surface area (Å²) in [4.78, 5) is 26.2. The number of hydrogen-bond donors (Lipinski definition) is 2. The van der Waals surface area contributed by atoms with Gasteiger partial charge in [-0.25, -0.2) is 0 Å². The maximum Gasteiger partial charge on any atom is 0.315 e. The minimum absolute atomic E-state index is 0.0170. The highest BCUT2D eigenvalue weighted by molar-refractivity contribution is 6.06. The molecule has 2 aromatic rings. The Morgan fingerprint density at radius 3 is 2.16 bits per heavy atom. The summed E-state index contributed by atoms with van der Waals surface area (Å²) in [6.07, 6.45) is 0.0170. The first-order valence-electron chi connectivity index (χ1n) is 10.9. The highest BCUT2D eigenvalue weighted by Gasteiger charge is 2.56. The first-order valence-corrected chi connectivity index (χ1v) is 10.9. The van der Waals surface area contributed by atoms with Gasteiger partial charge in [-0.05, 0) is 38.5 Å². The van der Waals surface area contributed by atoms with E-state index in [1.54, 1.807) is 20.8 Å². The predicted octanol–water partition coefficient (Wildman–Crippen LogP) is 3.75. The summed E-state index contributed by atoms with van der Waals surface area (Å²) in [6, 6.07) is 18.5. The zero-order valence-electron chi connectivity index (χ0n) is 18.7. The Kier molecular flexibility index (Phi) is 7.64. The van der Waals surface area contributed by atoms with Crippen molar-refractivity contribution in [3.05, 3.63) is 66.2 Å². The maximum absolute atomic E-state index is 13.2. The highest BCUT2D eigenvalue weighted by Crippen LogP contribution is 2.47. The van der Waals surface area contributed by atoms with E-state index in [9.17, 15) is 14.7 Å². The van der Waals surface area contributed by atoms with Crippen molar-refractivity contribution in [1.29, 1.82) is 0 Å². The van der Waals surface area contributed by atoms with Crippen molar-refractivity contribution < 1.29 is 24.2 Å². The normalized spacial score (nSPS) is 26.4. The van der Waals surface area contributed by atoms with Crippen LogP contribution in [0.15, 0.2) is 65.8 Å². The molecular formula is C25H30N2O5. The second kappa shape index (κ2) is 10.4. The number of nitrogens with zero attached hydrogens (tertiary/aromatic N) is 1. The van der Waals surface area contributed by atoms with Crippen molar-refractivity contribution in [2.75, 3.05) is 18.6 Å². The minimum Gasteiger partial charge on any atom is -0.466 e. The molecule has 7 heteroatoms. The number of ether oxygens (including phenoxy) is 2. The predicted molar refractivity (Wildman–Crippen MR) is 122 cm³/mol. The molecular weight excluding hydrogens is 408 g/mol. The number of hydrogen-bond acceptors (Lipinski definition) is 7. The number of benzene rings is 2. The second-order valence-corrected chi connectivity index (χ2v) is 8.01. The Balaban J connectivity index is 2.12. The van der Waals surface area contributed by atoms with Gasteiger partial charge in [0.1, 0.15) is 5.92 Å². The van der Waals surface area contributed by atoms with Crippen LogP contribution in [0.1, 0.15) is 38.7 Å². The molecule has 3 rings (SSSR count). The Bertz CT molecular complexity index is 943. The van der Waals surface area contributed by atoms with E-state index >= 15 is 0 Å². The third-order valence-electron chi connectivity index (χ3n) is 5.65. The van der Waals surface area contributed by atoms with Crippen LogP contribution in [-0.4, -0.2) is 41.6 Å². The van der Waals surface area contributed by atoms with E-state index in [1.165, 1.54) is 0 Å². The lowest BCUT2D eigenvalue weighted by atomic mass is 9.61. The largest absolute Gasteiger partial charge is 0.466 e. The van der Waals surface area contributed by atoms with Crippen LogP contribution in [-0.2, 0) is 19.1 Å². The molecule has 0 radical (unpaired) electrons. The summed E-state index contributed by atoms with van der Waals surface area (Å²) in [5.41, 5.74) is 3.39. The van der Waals surface area contributed by atoms with Gasteiger partial charge in [-0.2, -0.15) is 5.10 Å². The molecule has 0 heterocycles. The summed E-state index contributed by atoms with van der Waals surface area (Å²) in [7, 11) is 0. The quantitative estimate of drug-likeness (QED) is 0.505. The van der Waals surface area contributed by atoms with Crippen molar-refractivity contribution in [2.24, 2.45) is 16.9 Å². The maximum atomic E-state index is 13.2. The third-order valence-corrected chi connectivity index (χ3v) is 5.65. The van der Waals surface area contributed by atoms with E-state index in [0.29, 0.717) is 5.71 Å². The van der Waals surface area contributed by atoms with Crippen LogP contribution in [0.4, 0.5) is 5.69 Å². The Morgan fingerprint density at radius 1 is 1.00 bits per heavy atom. The first kappa shape index (κ1) is 23.5. The van der Waals surface area contributed by atoms with E-state index in [1.807, 2.05) is 60.7 Å². The van der Waals surface area contributed by atoms with Gasteiger partial charge in [0.2, 0.25) is 0 Å². The van der Waals surface area contributed by atoms with Crippen LogP contribution in [0.2, 0.25) is 0 Å². The average Bonchev–Trinajstić information content (AvgIpc) is 2.78. The van der Waals surface area contributed by atoms with Gasteiger partial charge in [-0.3, -0.25) is 15.0 Å². The molecule has 0 spiro atoms. The van der Waals surface area contributed by atoms with Gasteiger partial charge in [0, 0.05) is 12.3 Å². The van der Waals surface area contributed by atoms with E-state index < -0.39 is 35.3 Å². The molecule has 1 aliphatic rings. The number of anilines is 1. The molecule has 1 aliphatic carbocycles. The molecule has 1 saturated carbocycles. The Morgan fingerprint density at radius 2 is 1.56 bits per heavy atom. The number of rotatable bonds is 7. The van der Waals surface area contributed by atoms with E-state index in [0.717, 1.165) is 11.3 Å². The zero-order valence-corrected chi connectivity index (χ0v) is 18.7. The summed E-state index contributed by atoms with van der Waals surface area (Å²) >= 11 is 0. The number of carbonyl (C=O) groups is 2. The first-order chi connectivity index (χ1) is 15.4. The van der Waals surface area contributed by atoms with Gasteiger partial charge >= 0.3 is 11.9 Å². The lowest BCUT2D eigenvalue weighted by molar-refractivity contribution is -0.163. The molecule has 170 valence electrons. The fraction of sp³-hybridized carbons (Fsp3) is 0.400. The van der Waals surface area contributed by atoms with E-state index in [4.69, 9.17) is 9.47 Å². The molecule has 0 amide bonds. The summed E-state index contributed by atoms with van der Waals surface area (Å²) in [5.74, 6) is -3.55. The van der Waals surface area contributed by atoms with Crippen molar-refractivity contribution in [1.82, 2.24) is 0 Å². The number of esters is 2. The smallest absolute Gasteiger partial charge is 0.315 e. The average molecular weight is 439 g/mol. The molecule has 0 aromatic heterocycles. The van der Waals surface area contributed by atoms with Gasteiger partial charge in [-0.15, -0.1) is 0 Å². The van der Waals surface area contributed by atoms with Gasteiger partial charge in [0.25, 0.3) is 0 Å². The van der Waals surface area contributed by atoms with Crippen LogP contribution in [0.25, 0.3) is 0 Å². The Hall–Kier alpha value is -3.19. The van der Waals surface area contributed by atoms with Crippen LogP contribution < -0.4 is 5.43 Å². The number of hydrazone groups is 1. The number of para-hydroxylation sites is 1. The molecule has 4 atom stereocenters. The van der Waals surface area contributed by atoms with E-state index in [-0.39, 0.29) is 19.6 Å². The molecule has 0 unspecified atom stereocenters. The van der Waals surface area contributed by atoms with Crippen LogP contribution in [0, 0.1) is 11.8 Å². The standard InChI is InChI=1S/C25H30N2O5/c1-4-31-23(28)21-19(27-26-18-14-10-7-11-15-18)16-25(3,30)22(24(29)32-5-2)20(21)17-12-8-6-9-13-17/h6-15,20-22,26,30H,4-5,16H2,1-3H3/t20-,21-,22+,25+/m1/s1. The molecule has 2 N–H and O–H groups in total. The zero-order chi connectivity index (χ0) is 23.1. The van der Waals surface area contributed by atoms with Crippen LogP contribution in [0.3, 0.4) is 0 Å². The molecule has 7 nitrogen and oxygen atoms in total. The van der Waals surface area contributed by atoms with Crippen LogP contribution >= 0.6 is 0 Å². The highest BCUT2D eigenvalue weighted by atomic mass is 16.5. The third kappa shape index (κ3) is 5.16. The van der Waals surface area contributed by atoms with Gasteiger partial charge in [0.15, 0.2) is 0 Å². The number of carbonyl (C=O) groups excluding carboxylic acids is 2. The molecule has 32 heavy (non-hydrogen) atoms. The van der Waals surface area contributed by atoms with Crippen molar-refractivity contribution in [2.45, 2.75) is 38.7 Å². The van der Waals surface area contributed by atoms with Gasteiger partial charge in [0.05, 0.1) is 36.1 Å². The number of aliphatic hydroxyl groups is 1. The SMILES string of the molecule is CCOC(=O)[C@@H]1C(=NNc2ccccc2)C[C@](C)(O)[C@H](C(=O)OCC)[C@@H]1c1ccccc1. The second-order valence-electron chi connectivity index (χ2n) is 8.01. The van der Waals surface area contributed by atoms with Crippen molar-refractivity contribution >= 4 is 23.3 Å². The molecule has 0 saturated heterocycles. The monoisotopic (exact) mass is 438 g/mol. The fourth-order valence-corrected chi connectivity index (χ4v) is 4.34. The minimum atomic E-state index is -1.48. The molecule has 1 fully saturated rings. The van der Waals surface area contributed by atoms with Gasteiger partial charge < -0.3 is 14.6 Å². The summed E-state index contributed by atoms with van der Waals surface area (Å²) in [5, 5.41) is 15.9. The molecule has 0 bridgehead atoms. The van der Waals surface area contributed by atoms with Crippen LogP contribution in [0.5, 0.6) is 0 Å². The molecule has 0 aliphatic heterocycles. The fourth-order valence-electron chi connectivity index (χ4n) is 4.34. The lowest BCUT2D eigenvalue weighted by Gasteiger charge is -2.45. The summed E-state index contributed by atoms with van der Waals surface area (Å²) in [6.45, 7) is 5.40. The molecule has 2 aromatic carbocycles. The van der Waals surface area contributed by atoms with Gasteiger partial charge in [-0.1, -0.05) is 48.5 Å². The number of nitrogens with one attached hydrogen (secondary N) is 1.